The summed E-state index contributed by atoms with van der Waals surface area (Å²) in [6, 6.07) is 16.9. The van der Waals surface area contributed by atoms with E-state index in [2.05, 4.69) is 16.2 Å². The van der Waals surface area contributed by atoms with Gasteiger partial charge in [0.15, 0.2) is 5.11 Å². The predicted octanol–water partition coefficient (Wildman–Crippen LogP) is 2.74. The fraction of sp³-hybridized carbons (Fsp3) is 0.250. The van der Waals surface area contributed by atoms with Gasteiger partial charge >= 0.3 is 0 Å². The van der Waals surface area contributed by atoms with Crippen molar-refractivity contribution in [3.63, 3.8) is 0 Å². The zero-order chi connectivity index (χ0) is 19.5. The first-order valence-corrected chi connectivity index (χ1v) is 9.16. The third-order valence-corrected chi connectivity index (χ3v) is 3.82. The second kappa shape index (κ2) is 10.9. The number of rotatable bonds is 7. The van der Waals surface area contributed by atoms with Crippen molar-refractivity contribution in [1.29, 1.82) is 0 Å². The normalized spacial score (nSPS) is 9.96. The standard InChI is InChI=1S/C20H23N3O3S/c1-2-7-18(24)22-23-20(27)21-19(25)16-10-6-11-17(14-16)26-13-12-15-8-4-3-5-9-15/h3-6,8-11,14H,2,7,12-13H2,1H3,(H,22,24)(H2,21,23,25,27). The molecule has 0 aromatic heterocycles. The largest absolute Gasteiger partial charge is 0.493 e. The topological polar surface area (TPSA) is 79.5 Å². The van der Waals surface area contributed by atoms with Gasteiger partial charge in [-0.25, -0.2) is 0 Å². The Kier molecular flexibility index (Phi) is 8.25. The number of hydrogen-bond donors (Lipinski definition) is 3. The van der Waals surface area contributed by atoms with E-state index in [0.717, 1.165) is 12.8 Å². The predicted molar refractivity (Wildman–Crippen MR) is 108 cm³/mol. The molecule has 27 heavy (non-hydrogen) atoms. The van der Waals surface area contributed by atoms with E-state index in [0.29, 0.717) is 24.3 Å². The Balaban J connectivity index is 1.81. The number of benzene rings is 2. The van der Waals surface area contributed by atoms with Gasteiger partial charge in [-0.2, -0.15) is 0 Å². The lowest BCUT2D eigenvalue weighted by Crippen LogP contribution is -2.48. The smallest absolute Gasteiger partial charge is 0.257 e. The van der Waals surface area contributed by atoms with Gasteiger partial charge in [0.05, 0.1) is 6.61 Å². The molecule has 0 aliphatic rings. The van der Waals surface area contributed by atoms with Crippen molar-refractivity contribution in [2.45, 2.75) is 26.2 Å². The number of amides is 2. The summed E-state index contributed by atoms with van der Waals surface area (Å²) < 4.78 is 5.73. The summed E-state index contributed by atoms with van der Waals surface area (Å²) in [5.41, 5.74) is 6.53. The third kappa shape index (κ3) is 7.45. The second-order valence-corrected chi connectivity index (χ2v) is 6.23. The summed E-state index contributed by atoms with van der Waals surface area (Å²) in [6.07, 6.45) is 1.89. The lowest BCUT2D eigenvalue weighted by atomic mass is 10.2. The van der Waals surface area contributed by atoms with Crippen molar-refractivity contribution >= 4 is 29.1 Å². The molecule has 142 valence electrons. The molecule has 2 aromatic carbocycles. The summed E-state index contributed by atoms with van der Waals surface area (Å²) in [7, 11) is 0. The zero-order valence-corrected chi connectivity index (χ0v) is 16.0. The molecule has 2 amide bonds. The highest BCUT2D eigenvalue weighted by molar-refractivity contribution is 7.80. The molecule has 0 saturated carbocycles. The van der Waals surface area contributed by atoms with Gasteiger partial charge in [0.1, 0.15) is 5.75 Å². The summed E-state index contributed by atoms with van der Waals surface area (Å²) in [5, 5.41) is 2.54. The zero-order valence-electron chi connectivity index (χ0n) is 15.2. The van der Waals surface area contributed by atoms with Crippen LogP contribution in [-0.4, -0.2) is 23.5 Å². The van der Waals surface area contributed by atoms with Gasteiger partial charge < -0.3 is 4.74 Å². The molecule has 3 N–H and O–H groups in total. The van der Waals surface area contributed by atoms with Gasteiger partial charge in [0.25, 0.3) is 5.91 Å². The van der Waals surface area contributed by atoms with Gasteiger partial charge in [-0.1, -0.05) is 43.3 Å². The molecule has 2 rings (SSSR count). The Morgan fingerprint density at radius 3 is 2.56 bits per heavy atom. The minimum Gasteiger partial charge on any atom is -0.493 e. The molecule has 0 bridgehead atoms. The highest BCUT2D eigenvalue weighted by Gasteiger charge is 2.09. The molecule has 0 spiro atoms. The molecular formula is C20H23N3O3S. The average molecular weight is 385 g/mol. The van der Waals surface area contributed by atoms with Crippen molar-refractivity contribution < 1.29 is 14.3 Å². The molecule has 0 fully saturated rings. The number of hydrazine groups is 1. The van der Waals surface area contributed by atoms with E-state index in [-0.39, 0.29) is 16.9 Å². The van der Waals surface area contributed by atoms with Crippen LogP contribution >= 0.6 is 12.2 Å². The highest BCUT2D eigenvalue weighted by atomic mass is 32.1. The van der Waals surface area contributed by atoms with Gasteiger partial charge in [-0.05, 0) is 42.4 Å². The Hall–Kier alpha value is -2.93. The van der Waals surface area contributed by atoms with Crippen molar-refractivity contribution in [2.75, 3.05) is 6.61 Å². The maximum Gasteiger partial charge on any atom is 0.257 e. The molecule has 0 atom stereocenters. The highest BCUT2D eigenvalue weighted by Crippen LogP contribution is 2.14. The van der Waals surface area contributed by atoms with Crippen LogP contribution in [0.2, 0.25) is 0 Å². The van der Waals surface area contributed by atoms with Crippen LogP contribution in [0.1, 0.15) is 35.7 Å². The molecule has 0 aliphatic heterocycles. The van der Waals surface area contributed by atoms with Crippen LogP contribution in [0.4, 0.5) is 0 Å². The van der Waals surface area contributed by atoms with Crippen LogP contribution in [0.5, 0.6) is 5.75 Å². The first-order chi connectivity index (χ1) is 13.1. The van der Waals surface area contributed by atoms with Gasteiger partial charge in [0.2, 0.25) is 5.91 Å². The van der Waals surface area contributed by atoms with Crippen LogP contribution in [0.3, 0.4) is 0 Å². The number of hydrogen-bond acceptors (Lipinski definition) is 4. The molecule has 6 nitrogen and oxygen atoms in total. The van der Waals surface area contributed by atoms with Crippen LogP contribution in [0.25, 0.3) is 0 Å². The maximum absolute atomic E-state index is 12.3. The Morgan fingerprint density at radius 2 is 1.81 bits per heavy atom. The van der Waals surface area contributed by atoms with E-state index < -0.39 is 0 Å². The molecule has 0 heterocycles. The summed E-state index contributed by atoms with van der Waals surface area (Å²) in [5.74, 6) is 0.0300. The van der Waals surface area contributed by atoms with Gasteiger partial charge in [-0.15, -0.1) is 0 Å². The number of ether oxygens (including phenoxy) is 1. The van der Waals surface area contributed by atoms with E-state index in [4.69, 9.17) is 17.0 Å². The lowest BCUT2D eigenvalue weighted by Gasteiger charge is -2.11. The number of nitrogens with one attached hydrogen (secondary N) is 3. The van der Waals surface area contributed by atoms with E-state index >= 15 is 0 Å². The lowest BCUT2D eigenvalue weighted by molar-refractivity contribution is -0.121. The number of thiocarbonyl (C=S) groups is 1. The molecule has 0 unspecified atom stereocenters. The Bertz CT molecular complexity index is 781. The third-order valence-electron chi connectivity index (χ3n) is 3.62. The van der Waals surface area contributed by atoms with Gasteiger partial charge in [0, 0.05) is 18.4 Å². The van der Waals surface area contributed by atoms with E-state index in [1.165, 1.54) is 5.56 Å². The quantitative estimate of drug-likeness (QED) is 0.505. The van der Waals surface area contributed by atoms with Crippen molar-refractivity contribution in [2.24, 2.45) is 0 Å². The fourth-order valence-electron chi connectivity index (χ4n) is 2.28. The van der Waals surface area contributed by atoms with Gasteiger partial charge in [-0.3, -0.25) is 25.8 Å². The molecule has 0 aliphatic carbocycles. The summed E-state index contributed by atoms with van der Waals surface area (Å²) in [6.45, 7) is 2.41. The molecule has 0 radical (unpaired) electrons. The first-order valence-electron chi connectivity index (χ1n) is 8.75. The molecule has 2 aromatic rings. The van der Waals surface area contributed by atoms with E-state index in [9.17, 15) is 9.59 Å². The Labute approximate surface area is 164 Å². The SMILES string of the molecule is CCCC(=O)NNC(=S)NC(=O)c1cccc(OCCc2ccccc2)c1. The van der Waals surface area contributed by atoms with Crippen LogP contribution in [-0.2, 0) is 11.2 Å². The number of carbonyl (C=O) groups is 2. The van der Waals surface area contributed by atoms with Crippen molar-refractivity contribution in [3.05, 3.63) is 65.7 Å². The molecular weight excluding hydrogens is 362 g/mol. The van der Waals surface area contributed by atoms with Crippen molar-refractivity contribution in [1.82, 2.24) is 16.2 Å². The molecule has 0 saturated heterocycles. The minimum atomic E-state index is -0.384. The minimum absolute atomic E-state index is 0.0276. The number of carbonyl (C=O) groups excluding carboxylic acids is 2. The first kappa shape index (κ1) is 20.4. The average Bonchev–Trinajstić information content (AvgIpc) is 2.68. The molecule has 7 heteroatoms. The van der Waals surface area contributed by atoms with E-state index in [1.807, 2.05) is 37.3 Å². The van der Waals surface area contributed by atoms with Crippen LogP contribution < -0.4 is 20.9 Å². The fourth-order valence-corrected chi connectivity index (χ4v) is 2.42. The van der Waals surface area contributed by atoms with Crippen LogP contribution in [0, 0.1) is 0 Å². The van der Waals surface area contributed by atoms with E-state index in [1.54, 1.807) is 24.3 Å². The Morgan fingerprint density at radius 1 is 1.04 bits per heavy atom. The van der Waals surface area contributed by atoms with Crippen molar-refractivity contribution in [3.8, 4) is 5.75 Å². The maximum atomic E-state index is 12.3. The monoisotopic (exact) mass is 385 g/mol. The van der Waals surface area contributed by atoms with Crippen LogP contribution in [0.15, 0.2) is 54.6 Å². The second-order valence-electron chi connectivity index (χ2n) is 5.82. The summed E-state index contributed by atoms with van der Waals surface area (Å²) >= 11 is 5.00. The summed E-state index contributed by atoms with van der Waals surface area (Å²) in [4.78, 5) is 23.7.